The number of aromatic nitrogens is 2. The summed E-state index contributed by atoms with van der Waals surface area (Å²) in [7, 11) is 1.38. The molecule has 36 heavy (non-hydrogen) atoms. The number of hydrogen-bond donors (Lipinski definition) is 3. The normalized spacial score (nSPS) is 12.2. The Bertz CT molecular complexity index is 1220. The van der Waals surface area contributed by atoms with Crippen molar-refractivity contribution in [3.63, 3.8) is 0 Å². The molecular formula is C23H24F3N5O5. The van der Waals surface area contributed by atoms with Gasteiger partial charge in [-0.1, -0.05) is 26.0 Å². The van der Waals surface area contributed by atoms with Crippen LogP contribution in [0.2, 0.25) is 0 Å². The fourth-order valence-electron chi connectivity index (χ4n) is 3.20. The first-order valence-corrected chi connectivity index (χ1v) is 10.7. The van der Waals surface area contributed by atoms with Gasteiger partial charge in [0.25, 0.3) is 5.69 Å². The number of hydrogen-bond acceptors (Lipinski definition) is 9. The number of halogens is 3. The molecule has 10 nitrogen and oxygen atoms in total. The molecule has 0 aliphatic heterocycles. The number of anilines is 3. The van der Waals surface area contributed by atoms with Crippen LogP contribution in [0.1, 0.15) is 13.8 Å². The summed E-state index contributed by atoms with van der Waals surface area (Å²) in [5.41, 5.74) is 0.312. The molecule has 1 atom stereocenters. The van der Waals surface area contributed by atoms with E-state index in [9.17, 15) is 28.4 Å². The van der Waals surface area contributed by atoms with Gasteiger partial charge < -0.3 is 25.2 Å². The predicted molar refractivity (Wildman–Crippen MR) is 126 cm³/mol. The van der Waals surface area contributed by atoms with E-state index in [1.807, 2.05) is 13.8 Å². The number of nitro groups is 1. The average molecular weight is 507 g/mol. The molecule has 0 spiro atoms. The van der Waals surface area contributed by atoms with Crippen molar-refractivity contribution >= 4 is 23.1 Å². The molecule has 0 saturated carbocycles. The Morgan fingerprint density at radius 2 is 1.86 bits per heavy atom. The van der Waals surface area contributed by atoms with Gasteiger partial charge in [0.2, 0.25) is 5.95 Å². The van der Waals surface area contributed by atoms with Crippen LogP contribution in [-0.4, -0.2) is 46.1 Å². The lowest BCUT2D eigenvalue weighted by molar-refractivity contribution is -0.384. The fourth-order valence-corrected chi connectivity index (χ4v) is 3.20. The van der Waals surface area contributed by atoms with Crippen molar-refractivity contribution in [2.45, 2.75) is 26.3 Å². The number of ether oxygens (including phenoxy) is 2. The van der Waals surface area contributed by atoms with Crippen molar-refractivity contribution in [2.24, 2.45) is 5.92 Å². The van der Waals surface area contributed by atoms with Gasteiger partial charge >= 0.3 is 6.36 Å². The highest BCUT2D eigenvalue weighted by Crippen LogP contribution is 2.33. The molecule has 0 aliphatic carbocycles. The van der Waals surface area contributed by atoms with Gasteiger partial charge in [0.1, 0.15) is 23.0 Å². The molecule has 3 N–H and O–H groups in total. The smallest absolute Gasteiger partial charge is 0.496 e. The molecule has 0 bridgehead atoms. The Morgan fingerprint density at radius 3 is 2.47 bits per heavy atom. The zero-order chi connectivity index (χ0) is 26.5. The molecular weight excluding hydrogens is 483 g/mol. The molecule has 1 heterocycles. The Balaban J connectivity index is 2.07. The van der Waals surface area contributed by atoms with Gasteiger partial charge in [-0.05, 0) is 30.2 Å². The second-order valence-corrected chi connectivity index (χ2v) is 7.98. The highest BCUT2D eigenvalue weighted by molar-refractivity contribution is 5.73. The van der Waals surface area contributed by atoms with Crippen LogP contribution in [0, 0.1) is 16.0 Å². The van der Waals surface area contributed by atoms with Gasteiger partial charge in [-0.25, -0.2) is 4.98 Å². The number of nitrogens with one attached hydrogen (secondary N) is 2. The number of nitrogens with zero attached hydrogens (tertiary/aromatic N) is 3. The van der Waals surface area contributed by atoms with E-state index in [1.54, 1.807) is 0 Å². The Kier molecular flexibility index (Phi) is 8.14. The summed E-state index contributed by atoms with van der Waals surface area (Å²) in [4.78, 5) is 19.7. The standard InChI is InChI=1S/C23H24F3N5O5/c1-13(2)19(12-32)29-22-28-18(14-5-4-6-16(9-14)36-23(24,25)26)11-21(30-22)27-17-8-7-15(35-3)10-20(17)31(33)34/h4-11,13,19,32H,12H2,1-3H3,(H2,27,28,29,30)/t19-/m1/s1. The molecule has 13 heteroatoms. The van der Waals surface area contributed by atoms with Gasteiger partial charge in [0.05, 0.1) is 36.4 Å². The van der Waals surface area contributed by atoms with Crippen molar-refractivity contribution in [1.29, 1.82) is 0 Å². The minimum absolute atomic E-state index is 0.00939. The number of aliphatic hydroxyl groups excluding tert-OH is 1. The third kappa shape index (κ3) is 6.95. The lowest BCUT2D eigenvalue weighted by Gasteiger charge is -2.21. The van der Waals surface area contributed by atoms with Gasteiger partial charge in [0.15, 0.2) is 0 Å². The molecule has 1 aromatic heterocycles. The monoisotopic (exact) mass is 507 g/mol. The maximum atomic E-state index is 12.7. The summed E-state index contributed by atoms with van der Waals surface area (Å²) < 4.78 is 47.2. The maximum Gasteiger partial charge on any atom is 0.573 e. The topological polar surface area (TPSA) is 132 Å². The van der Waals surface area contributed by atoms with Crippen LogP contribution in [0.3, 0.4) is 0 Å². The van der Waals surface area contributed by atoms with E-state index in [0.717, 1.165) is 12.1 Å². The van der Waals surface area contributed by atoms with Crippen LogP contribution in [-0.2, 0) is 0 Å². The number of aliphatic hydroxyl groups is 1. The second-order valence-electron chi connectivity index (χ2n) is 7.98. The van der Waals surface area contributed by atoms with Crippen molar-refractivity contribution in [3.05, 3.63) is 58.6 Å². The lowest BCUT2D eigenvalue weighted by Crippen LogP contribution is -2.30. The van der Waals surface area contributed by atoms with Crippen molar-refractivity contribution in [1.82, 2.24) is 9.97 Å². The van der Waals surface area contributed by atoms with E-state index in [0.29, 0.717) is 0 Å². The molecule has 0 saturated heterocycles. The van der Waals surface area contributed by atoms with Crippen LogP contribution in [0.5, 0.6) is 11.5 Å². The van der Waals surface area contributed by atoms with E-state index in [-0.39, 0.29) is 52.7 Å². The highest BCUT2D eigenvalue weighted by Gasteiger charge is 2.31. The van der Waals surface area contributed by atoms with Crippen LogP contribution in [0.15, 0.2) is 48.5 Å². The minimum atomic E-state index is -4.87. The summed E-state index contributed by atoms with van der Waals surface area (Å²) in [6.07, 6.45) is -4.87. The molecule has 3 rings (SSSR count). The number of methoxy groups -OCH3 is 1. The number of benzene rings is 2. The van der Waals surface area contributed by atoms with Crippen LogP contribution < -0.4 is 20.1 Å². The number of rotatable bonds is 10. The van der Waals surface area contributed by atoms with Crippen LogP contribution >= 0.6 is 0 Å². The van der Waals surface area contributed by atoms with E-state index in [1.165, 1.54) is 43.5 Å². The molecule has 2 aromatic carbocycles. The van der Waals surface area contributed by atoms with Crippen LogP contribution in [0.25, 0.3) is 11.3 Å². The van der Waals surface area contributed by atoms with Gasteiger partial charge in [-0.15, -0.1) is 13.2 Å². The van der Waals surface area contributed by atoms with Gasteiger partial charge in [-0.3, -0.25) is 10.1 Å². The van der Waals surface area contributed by atoms with Crippen molar-refractivity contribution in [3.8, 4) is 22.8 Å². The summed E-state index contributed by atoms with van der Waals surface area (Å²) in [5, 5.41) is 27.1. The molecule has 0 unspecified atom stereocenters. The summed E-state index contributed by atoms with van der Waals surface area (Å²) >= 11 is 0. The summed E-state index contributed by atoms with van der Waals surface area (Å²) in [6.45, 7) is 3.51. The average Bonchev–Trinajstić information content (AvgIpc) is 2.81. The first-order chi connectivity index (χ1) is 17.0. The lowest BCUT2D eigenvalue weighted by atomic mass is 10.1. The summed E-state index contributed by atoms with van der Waals surface area (Å²) in [6, 6.07) is 10.4. The van der Waals surface area contributed by atoms with Gasteiger partial charge in [0, 0.05) is 11.6 Å². The summed E-state index contributed by atoms with van der Waals surface area (Å²) in [5.74, 6) is 0.00953. The Labute approximate surface area is 204 Å². The maximum absolute atomic E-state index is 12.7. The Hall–Kier alpha value is -4.13. The van der Waals surface area contributed by atoms with E-state index in [4.69, 9.17) is 4.74 Å². The first-order valence-electron chi connectivity index (χ1n) is 10.7. The molecule has 0 aliphatic rings. The third-order valence-corrected chi connectivity index (χ3v) is 5.07. The molecule has 0 amide bonds. The molecule has 3 aromatic rings. The fraction of sp³-hybridized carbons (Fsp3) is 0.304. The number of alkyl halides is 3. The van der Waals surface area contributed by atoms with E-state index in [2.05, 4.69) is 25.3 Å². The van der Waals surface area contributed by atoms with Crippen LogP contribution in [0.4, 0.5) is 36.3 Å². The van der Waals surface area contributed by atoms with Crippen molar-refractivity contribution in [2.75, 3.05) is 24.4 Å². The SMILES string of the molecule is COc1ccc(Nc2cc(-c3cccc(OC(F)(F)F)c3)nc(N[C@H](CO)C(C)C)n2)c([N+](=O)[O-])c1. The largest absolute Gasteiger partial charge is 0.573 e. The quantitative estimate of drug-likeness (QED) is 0.252. The zero-order valence-electron chi connectivity index (χ0n) is 19.5. The van der Waals surface area contributed by atoms with Gasteiger partial charge in [-0.2, -0.15) is 4.98 Å². The van der Waals surface area contributed by atoms with E-state index >= 15 is 0 Å². The highest BCUT2D eigenvalue weighted by atomic mass is 19.4. The first kappa shape index (κ1) is 26.5. The minimum Gasteiger partial charge on any atom is -0.496 e. The van der Waals surface area contributed by atoms with Crippen molar-refractivity contribution < 1.29 is 32.7 Å². The second kappa shape index (κ2) is 11.1. The Morgan fingerprint density at radius 1 is 1.11 bits per heavy atom. The molecule has 192 valence electrons. The predicted octanol–water partition coefficient (Wildman–Crippen LogP) is 5.13. The third-order valence-electron chi connectivity index (χ3n) is 5.07. The molecule has 0 fully saturated rings. The number of nitro benzene ring substituents is 1. The van der Waals surface area contributed by atoms with E-state index < -0.39 is 23.1 Å². The zero-order valence-corrected chi connectivity index (χ0v) is 19.5. The molecule has 0 radical (unpaired) electrons.